The van der Waals surface area contributed by atoms with E-state index in [1.807, 2.05) is 9.80 Å². The summed E-state index contributed by atoms with van der Waals surface area (Å²) >= 11 is 0. The molecule has 1 aromatic rings. The number of rotatable bonds is 8. The number of hydrogen-bond acceptors (Lipinski definition) is 8. The maximum absolute atomic E-state index is 13.5. The number of likely N-dealkylation sites (tertiary alicyclic amines) is 1. The molecule has 1 aromatic heterocycles. The number of alkyl carbamates (subject to hydrolysis) is 1. The van der Waals surface area contributed by atoms with Gasteiger partial charge in [-0.05, 0) is 52.2 Å². The third-order valence-electron chi connectivity index (χ3n) is 7.93. The first kappa shape index (κ1) is 34.0. The van der Waals surface area contributed by atoms with Gasteiger partial charge in [0, 0.05) is 38.4 Å². The first-order chi connectivity index (χ1) is 19.2. The molecule has 2 saturated heterocycles. The second-order valence-electron chi connectivity index (χ2n) is 13.7. The van der Waals surface area contributed by atoms with Crippen molar-refractivity contribution >= 4 is 26.3 Å². The van der Waals surface area contributed by atoms with Crippen LogP contribution in [0.1, 0.15) is 66.9 Å². The van der Waals surface area contributed by atoms with Crippen LogP contribution in [0.25, 0.3) is 0 Å². The molecule has 0 spiro atoms. The van der Waals surface area contributed by atoms with Crippen LogP contribution in [0.3, 0.4) is 0 Å². The summed E-state index contributed by atoms with van der Waals surface area (Å²) in [6.45, 7) is 19.2. The molecule has 0 bridgehead atoms. The number of amides is 2. The highest BCUT2D eigenvalue weighted by atomic mass is 28.4. The van der Waals surface area contributed by atoms with Crippen molar-refractivity contribution in [3.8, 4) is 0 Å². The molecule has 2 aliphatic rings. The largest absolute Gasteiger partial charge is 0.444 e. The zero-order chi connectivity index (χ0) is 31.7. The van der Waals surface area contributed by atoms with Crippen LogP contribution in [0.5, 0.6) is 0 Å². The van der Waals surface area contributed by atoms with E-state index in [-0.39, 0.29) is 41.7 Å². The van der Waals surface area contributed by atoms with Gasteiger partial charge in [0.25, 0.3) is 5.91 Å². The summed E-state index contributed by atoms with van der Waals surface area (Å²) < 4.78 is 57.2. The molecule has 10 nitrogen and oxygen atoms in total. The maximum Gasteiger partial charge on any atom is 0.419 e. The Morgan fingerprint density at radius 1 is 1.10 bits per heavy atom. The molecule has 0 radical (unpaired) electrons. The fourth-order valence-corrected chi connectivity index (χ4v) is 6.06. The van der Waals surface area contributed by atoms with Gasteiger partial charge in [-0.15, -0.1) is 0 Å². The molecule has 4 atom stereocenters. The standard InChI is InChI=1S/C28H46F3N5O5Si/c1-18(34-25(38)40-26(2,3)4)17-39-21-11-13-36(23(21)37)20-10-12-35(16-22(20)41-42(8,9)27(5,6)7)24-32-14-19(15-33-24)28(29,30)31/h14-15,18,20-22H,10-13,16-17H2,1-9H3,(H,34,38)/t18?,20-,21+,22-/m0/s1. The lowest BCUT2D eigenvalue weighted by Gasteiger charge is -2.47. The van der Waals surface area contributed by atoms with Gasteiger partial charge >= 0.3 is 12.3 Å². The van der Waals surface area contributed by atoms with Gasteiger partial charge in [-0.2, -0.15) is 13.2 Å². The summed E-state index contributed by atoms with van der Waals surface area (Å²) in [5.74, 6) is 0.0678. The monoisotopic (exact) mass is 617 g/mol. The summed E-state index contributed by atoms with van der Waals surface area (Å²) in [6.07, 6.45) is -3.46. The molecule has 238 valence electrons. The number of nitrogens with zero attached hydrogens (tertiary/aromatic N) is 4. The zero-order valence-electron chi connectivity index (χ0n) is 26.2. The number of halogens is 3. The van der Waals surface area contributed by atoms with Gasteiger partial charge in [0.05, 0.1) is 30.4 Å². The van der Waals surface area contributed by atoms with Crippen LogP contribution in [-0.4, -0.2) is 91.3 Å². The van der Waals surface area contributed by atoms with E-state index in [1.165, 1.54) is 0 Å². The highest BCUT2D eigenvalue weighted by molar-refractivity contribution is 6.74. The SMILES string of the molecule is CC(CO[C@@H]1CCN([C@H]2CCN(c3ncc(C(F)(F)F)cn3)C[C@@H]2O[Si](C)(C)C(C)(C)C)C1=O)NC(=O)OC(C)(C)C. The zero-order valence-corrected chi connectivity index (χ0v) is 27.2. The van der Waals surface area contributed by atoms with Crippen molar-refractivity contribution in [2.24, 2.45) is 0 Å². The van der Waals surface area contributed by atoms with Crippen LogP contribution >= 0.6 is 0 Å². The molecule has 0 aliphatic carbocycles. The van der Waals surface area contributed by atoms with Crippen molar-refractivity contribution in [3.63, 3.8) is 0 Å². The fraction of sp³-hybridized carbons (Fsp3) is 0.786. The van der Waals surface area contributed by atoms with E-state index in [0.29, 0.717) is 32.5 Å². The van der Waals surface area contributed by atoms with Gasteiger partial charge in [-0.1, -0.05) is 20.8 Å². The Morgan fingerprint density at radius 2 is 1.71 bits per heavy atom. The van der Waals surface area contributed by atoms with E-state index in [1.54, 1.807) is 27.7 Å². The van der Waals surface area contributed by atoms with Crippen molar-refractivity contribution < 1.29 is 36.7 Å². The second kappa shape index (κ2) is 12.6. The second-order valence-corrected chi connectivity index (χ2v) is 18.4. The Morgan fingerprint density at radius 3 is 2.26 bits per heavy atom. The van der Waals surface area contributed by atoms with Gasteiger partial charge in [0.15, 0.2) is 8.32 Å². The van der Waals surface area contributed by atoms with Crippen LogP contribution in [0.4, 0.5) is 23.9 Å². The molecule has 42 heavy (non-hydrogen) atoms. The van der Waals surface area contributed by atoms with Gasteiger partial charge in [-0.3, -0.25) is 4.79 Å². The average molecular weight is 618 g/mol. The molecule has 2 aliphatic heterocycles. The normalized spacial score (nSPS) is 23.2. The minimum atomic E-state index is -4.52. The molecular formula is C28H46F3N5O5Si. The van der Waals surface area contributed by atoms with E-state index in [2.05, 4.69) is 49.1 Å². The third-order valence-corrected chi connectivity index (χ3v) is 12.4. The van der Waals surface area contributed by atoms with E-state index in [4.69, 9.17) is 13.9 Å². The van der Waals surface area contributed by atoms with Crippen LogP contribution in [0.15, 0.2) is 12.4 Å². The minimum absolute atomic E-state index is 0.0946. The van der Waals surface area contributed by atoms with Gasteiger partial charge in [-0.25, -0.2) is 14.8 Å². The Bertz CT molecular complexity index is 1090. The summed E-state index contributed by atoms with van der Waals surface area (Å²) in [5, 5.41) is 2.63. The molecule has 3 heterocycles. The summed E-state index contributed by atoms with van der Waals surface area (Å²) in [6, 6.07) is -0.591. The van der Waals surface area contributed by atoms with E-state index in [9.17, 15) is 22.8 Å². The molecule has 14 heteroatoms. The van der Waals surface area contributed by atoms with Gasteiger partial charge < -0.3 is 29.0 Å². The number of alkyl halides is 3. The highest BCUT2D eigenvalue weighted by Crippen LogP contribution is 2.39. The molecule has 2 amide bonds. The summed E-state index contributed by atoms with van der Waals surface area (Å²) in [4.78, 5) is 37.2. The molecule has 0 saturated carbocycles. The van der Waals surface area contributed by atoms with Crippen molar-refractivity contribution in [1.29, 1.82) is 0 Å². The highest BCUT2D eigenvalue weighted by Gasteiger charge is 2.47. The first-order valence-corrected chi connectivity index (χ1v) is 17.3. The quantitative estimate of drug-likeness (QED) is 0.407. The number of nitrogens with one attached hydrogen (secondary N) is 1. The van der Waals surface area contributed by atoms with Gasteiger partial charge in [0.2, 0.25) is 5.95 Å². The van der Waals surface area contributed by atoms with Crippen molar-refractivity contribution in [2.45, 2.75) is 116 Å². The lowest BCUT2D eigenvalue weighted by Crippen LogP contribution is -2.60. The van der Waals surface area contributed by atoms with Crippen LogP contribution < -0.4 is 10.2 Å². The molecule has 3 rings (SSSR count). The molecule has 1 unspecified atom stereocenters. The maximum atomic E-state index is 13.5. The smallest absolute Gasteiger partial charge is 0.419 e. The number of piperidine rings is 1. The van der Waals surface area contributed by atoms with Crippen LogP contribution in [0.2, 0.25) is 18.1 Å². The first-order valence-electron chi connectivity index (χ1n) is 14.4. The van der Waals surface area contributed by atoms with Crippen molar-refractivity contribution in [2.75, 3.05) is 31.1 Å². The summed E-state index contributed by atoms with van der Waals surface area (Å²) in [7, 11) is -2.29. The third kappa shape index (κ3) is 8.79. The van der Waals surface area contributed by atoms with Crippen LogP contribution in [-0.2, 0) is 24.9 Å². The number of aromatic nitrogens is 2. The number of carbonyl (C=O) groups excluding carboxylic acids is 2. The summed E-state index contributed by atoms with van der Waals surface area (Å²) in [5.41, 5.74) is -1.52. The molecular weight excluding hydrogens is 571 g/mol. The Balaban J connectivity index is 1.70. The van der Waals surface area contributed by atoms with E-state index < -0.39 is 37.9 Å². The van der Waals surface area contributed by atoms with Gasteiger partial charge in [0.1, 0.15) is 11.7 Å². The molecule has 2 fully saturated rings. The Kier molecular flexibility index (Phi) is 10.3. The van der Waals surface area contributed by atoms with Crippen LogP contribution in [0, 0.1) is 0 Å². The number of hydrogen-bond donors (Lipinski definition) is 1. The Labute approximate surface area is 247 Å². The van der Waals surface area contributed by atoms with E-state index in [0.717, 1.165) is 12.4 Å². The lowest BCUT2D eigenvalue weighted by molar-refractivity contribution is -0.141. The van der Waals surface area contributed by atoms with Crippen molar-refractivity contribution in [1.82, 2.24) is 20.2 Å². The number of carbonyl (C=O) groups is 2. The molecule has 1 N–H and O–H groups in total. The van der Waals surface area contributed by atoms with E-state index >= 15 is 0 Å². The fourth-order valence-electron chi connectivity index (χ4n) is 4.71. The number of ether oxygens (including phenoxy) is 2. The average Bonchev–Trinajstić information content (AvgIpc) is 3.20. The predicted octanol–water partition coefficient (Wildman–Crippen LogP) is 5.00. The topological polar surface area (TPSA) is 106 Å². The predicted molar refractivity (Wildman–Crippen MR) is 155 cm³/mol. The van der Waals surface area contributed by atoms with Crippen molar-refractivity contribution in [3.05, 3.63) is 18.0 Å². The molecule has 0 aromatic carbocycles. The minimum Gasteiger partial charge on any atom is -0.444 e. The lowest BCUT2D eigenvalue weighted by atomic mass is 10.0. The number of anilines is 1. The Hall–Kier alpha value is -2.45.